The van der Waals surface area contributed by atoms with Gasteiger partial charge >= 0.3 is 0 Å². The molecule has 0 radical (unpaired) electrons. The Balaban J connectivity index is 1.93. The van der Waals surface area contributed by atoms with Crippen LogP contribution in [-0.2, 0) is 0 Å². The van der Waals surface area contributed by atoms with Crippen molar-refractivity contribution in [2.24, 2.45) is 0 Å². The maximum absolute atomic E-state index is 13.3. The molecule has 0 aliphatic heterocycles. The SMILES string of the molecule is CCN(CCNc1ccccc1Br)c1cccc(F)c1. The van der Waals surface area contributed by atoms with E-state index >= 15 is 0 Å². The standard InChI is InChI=1S/C16H18BrFN2/c1-2-20(14-7-5-6-13(18)12-14)11-10-19-16-9-4-3-8-15(16)17/h3-9,12,19H,2,10-11H2,1H3. The first-order valence-corrected chi connectivity index (χ1v) is 7.49. The molecule has 0 heterocycles. The lowest BCUT2D eigenvalue weighted by Gasteiger charge is -2.23. The summed E-state index contributed by atoms with van der Waals surface area (Å²) in [5, 5.41) is 3.38. The van der Waals surface area contributed by atoms with Gasteiger partial charge in [0.15, 0.2) is 0 Å². The van der Waals surface area contributed by atoms with Gasteiger partial charge in [-0.15, -0.1) is 0 Å². The molecule has 2 rings (SSSR count). The molecule has 2 aromatic rings. The minimum absolute atomic E-state index is 0.195. The van der Waals surface area contributed by atoms with Crippen molar-refractivity contribution in [2.45, 2.75) is 6.92 Å². The van der Waals surface area contributed by atoms with Crippen LogP contribution in [-0.4, -0.2) is 19.6 Å². The van der Waals surface area contributed by atoms with Crippen molar-refractivity contribution >= 4 is 27.3 Å². The van der Waals surface area contributed by atoms with Crippen molar-refractivity contribution in [1.29, 1.82) is 0 Å². The normalized spacial score (nSPS) is 10.3. The van der Waals surface area contributed by atoms with Crippen LogP contribution >= 0.6 is 15.9 Å². The predicted molar refractivity (Wildman–Crippen MR) is 86.9 cm³/mol. The van der Waals surface area contributed by atoms with Crippen LogP contribution in [0.3, 0.4) is 0 Å². The smallest absolute Gasteiger partial charge is 0.125 e. The third-order valence-corrected chi connectivity index (χ3v) is 3.82. The number of rotatable bonds is 6. The van der Waals surface area contributed by atoms with E-state index in [4.69, 9.17) is 0 Å². The van der Waals surface area contributed by atoms with E-state index in [9.17, 15) is 4.39 Å². The minimum Gasteiger partial charge on any atom is -0.382 e. The summed E-state index contributed by atoms with van der Waals surface area (Å²) in [5.74, 6) is -0.195. The van der Waals surface area contributed by atoms with E-state index in [0.29, 0.717) is 0 Å². The number of hydrogen-bond donors (Lipinski definition) is 1. The zero-order chi connectivity index (χ0) is 14.4. The maximum atomic E-state index is 13.3. The fraction of sp³-hybridized carbons (Fsp3) is 0.250. The van der Waals surface area contributed by atoms with Gasteiger partial charge in [0.1, 0.15) is 5.82 Å². The number of anilines is 2. The van der Waals surface area contributed by atoms with E-state index in [-0.39, 0.29) is 5.82 Å². The van der Waals surface area contributed by atoms with Crippen LogP contribution < -0.4 is 10.2 Å². The Bertz CT molecular complexity index is 560. The van der Waals surface area contributed by atoms with Gasteiger partial charge in [0, 0.05) is 35.5 Å². The Morgan fingerprint density at radius 3 is 2.65 bits per heavy atom. The fourth-order valence-electron chi connectivity index (χ4n) is 2.07. The molecule has 2 nitrogen and oxygen atoms in total. The summed E-state index contributed by atoms with van der Waals surface area (Å²) in [6, 6.07) is 14.7. The van der Waals surface area contributed by atoms with Crippen LogP contribution in [0.25, 0.3) is 0 Å². The number of halogens is 2. The zero-order valence-electron chi connectivity index (χ0n) is 11.4. The topological polar surface area (TPSA) is 15.3 Å². The van der Waals surface area contributed by atoms with Crippen LogP contribution in [0, 0.1) is 5.82 Å². The van der Waals surface area contributed by atoms with E-state index in [0.717, 1.165) is 35.5 Å². The molecule has 106 valence electrons. The number of benzene rings is 2. The molecule has 0 unspecified atom stereocenters. The highest BCUT2D eigenvalue weighted by Gasteiger charge is 2.05. The summed E-state index contributed by atoms with van der Waals surface area (Å²) in [6.07, 6.45) is 0. The van der Waals surface area contributed by atoms with Gasteiger partial charge in [-0.1, -0.05) is 18.2 Å². The molecule has 2 aromatic carbocycles. The molecule has 0 aliphatic rings. The molecule has 0 aromatic heterocycles. The number of nitrogens with one attached hydrogen (secondary N) is 1. The molecule has 0 saturated heterocycles. The molecule has 0 atom stereocenters. The van der Waals surface area contributed by atoms with Gasteiger partial charge in [-0.25, -0.2) is 4.39 Å². The van der Waals surface area contributed by atoms with Crippen LogP contribution in [0.1, 0.15) is 6.92 Å². The van der Waals surface area contributed by atoms with Crippen molar-refractivity contribution in [3.63, 3.8) is 0 Å². The average Bonchev–Trinajstić information content (AvgIpc) is 2.45. The second-order valence-corrected chi connectivity index (χ2v) is 5.32. The Labute approximate surface area is 127 Å². The summed E-state index contributed by atoms with van der Waals surface area (Å²) in [7, 11) is 0. The second kappa shape index (κ2) is 7.29. The molecule has 0 saturated carbocycles. The Kier molecular flexibility index (Phi) is 5.41. The summed E-state index contributed by atoms with van der Waals surface area (Å²) in [4.78, 5) is 2.15. The van der Waals surface area contributed by atoms with Crippen molar-refractivity contribution in [2.75, 3.05) is 29.9 Å². The van der Waals surface area contributed by atoms with Gasteiger partial charge in [-0.05, 0) is 53.2 Å². The fourth-order valence-corrected chi connectivity index (χ4v) is 2.50. The predicted octanol–water partition coefficient (Wildman–Crippen LogP) is 4.53. The molecular formula is C16H18BrFN2. The lowest BCUT2D eigenvalue weighted by molar-refractivity contribution is 0.626. The molecular weight excluding hydrogens is 319 g/mol. The molecule has 0 bridgehead atoms. The Hall–Kier alpha value is -1.55. The van der Waals surface area contributed by atoms with Gasteiger partial charge in [0.25, 0.3) is 0 Å². The van der Waals surface area contributed by atoms with E-state index in [1.54, 1.807) is 12.1 Å². The molecule has 0 aliphatic carbocycles. The number of para-hydroxylation sites is 1. The second-order valence-electron chi connectivity index (χ2n) is 4.47. The van der Waals surface area contributed by atoms with Gasteiger partial charge < -0.3 is 10.2 Å². The van der Waals surface area contributed by atoms with Crippen LogP contribution in [0.2, 0.25) is 0 Å². The van der Waals surface area contributed by atoms with E-state index in [2.05, 4.69) is 33.1 Å². The molecule has 0 fully saturated rings. The first kappa shape index (κ1) is 14.9. The van der Waals surface area contributed by atoms with Crippen molar-refractivity contribution < 1.29 is 4.39 Å². The largest absolute Gasteiger partial charge is 0.382 e. The molecule has 1 N–H and O–H groups in total. The zero-order valence-corrected chi connectivity index (χ0v) is 13.0. The number of hydrogen-bond acceptors (Lipinski definition) is 2. The third kappa shape index (κ3) is 3.97. The molecule has 0 amide bonds. The molecule has 20 heavy (non-hydrogen) atoms. The average molecular weight is 337 g/mol. The summed E-state index contributed by atoms with van der Waals surface area (Å²) < 4.78 is 14.3. The molecule has 4 heteroatoms. The van der Waals surface area contributed by atoms with Crippen LogP contribution in [0.5, 0.6) is 0 Å². The highest BCUT2D eigenvalue weighted by molar-refractivity contribution is 9.10. The highest BCUT2D eigenvalue weighted by Crippen LogP contribution is 2.21. The van der Waals surface area contributed by atoms with E-state index in [1.165, 1.54) is 6.07 Å². The van der Waals surface area contributed by atoms with Crippen molar-refractivity contribution in [3.05, 3.63) is 58.8 Å². The third-order valence-electron chi connectivity index (χ3n) is 3.13. The number of likely N-dealkylation sites (N-methyl/N-ethyl adjacent to an activating group) is 1. The van der Waals surface area contributed by atoms with Crippen LogP contribution in [0.15, 0.2) is 53.0 Å². The first-order valence-electron chi connectivity index (χ1n) is 6.69. The Morgan fingerprint density at radius 2 is 1.95 bits per heavy atom. The van der Waals surface area contributed by atoms with Gasteiger partial charge in [-0.2, -0.15) is 0 Å². The molecule has 0 spiro atoms. The lowest BCUT2D eigenvalue weighted by Crippen LogP contribution is -2.28. The summed E-state index contributed by atoms with van der Waals surface area (Å²) >= 11 is 3.51. The summed E-state index contributed by atoms with van der Waals surface area (Å²) in [5.41, 5.74) is 1.99. The van der Waals surface area contributed by atoms with E-state index < -0.39 is 0 Å². The summed E-state index contributed by atoms with van der Waals surface area (Å²) in [6.45, 7) is 4.54. The van der Waals surface area contributed by atoms with Crippen molar-refractivity contribution in [1.82, 2.24) is 0 Å². The first-order chi connectivity index (χ1) is 9.70. The lowest BCUT2D eigenvalue weighted by atomic mass is 10.2. The monoisotopic (exact) mass is 336 g/mol. The van der Waals surface area contributed by atoms with Gasteiger partial charge in [0.2, 0.25) is 0 Å². The highest BCUT2D eigenvalue weighted by atomic mass is 79.9. The van der Waals surface area contributed by atoms with E-state index in [1.807, 2.05) is 30.3 Å². The number of nitrogens with zero attached hydrogens (tertiary/aromatic N) is 1. The minimum atomic E-state index is -0.195. The quantitative estimate of drug-likeness (QED) is 0.833. The maximum Gasteiger partial charge on any atom is 0.125 e. The van der Waals surface area contributed by atoms with Crippen molar-refractivity contribution in [3.8, 4) is 0 Å². The van der Waals surface area contributed by atoms with Gasteiger partial charge in [-0.3, -0.25) is 0 Å². The van der Waals surface area contributed by atoms with Crippen LogP contribution in [0.4, 0.5) is 15.8 Å². The van der Waals surface area contributed by atoms with Gasteiger partial charge in [0.05, 0.1) is 0 Å². The Morgan fingerprint density at radius 1 is 1.15 bits per heavy atom.